The van der Waals surface area contributed by atoms with Gasteiger partial charge in [0.05, 0.1) is 11.4 Å². The van der Waals surface area contributed by atoms with Gasteiger partial charge in [-0.1, -0.05) is 84.4 Å². The molecule has 1 aliphatic heterocycles. The van der Waals surface area contributed by atoms with E-state index in [-0.39, 0.29) is 12.5 Å². The zero-order valence-electron chi connectivity index (χ0n) is 16.8. The quantitative estimate of drug-likeness (QED) is 0.664. The third-order valence-corrected chi connectivity index (χ3v) is 4.88. The lowest BCUT2D eigenvalue weighted by Gasteiger charge is -2.17. The average molecular weight is 418 g/mol. The summed E-state index contributed by atoms with van der Waals surface area (Å²) >= 11 is 5.70. The van der Waals surface area contributed by atoms with Crippen LogP contribution in [0, 0.1) is 0 Å². The average Bonchev–Trinajstić information content (AvgIpc) is 2.91. The molecule has 152 valence electrons. The number of carbonyl (C=O) groups excluding carboxylic acids is 1. The van der Waals surface area contributed by atoms with Crippen LogP contribution in [-0.4, -0.2) is 31.8 Å². The fraction of sp³-hybridized carbons (Fsp3) is 0.120. The van der Waals surface area contributed by atoms with Gasteiger partial charge in [0.25, 0.3) is 0 Å². The van der Waals surface area contributed by atoms with Crippen LogP contribution >= 0.6 is 11.6 Å². The monoisotopic (exact) mass is 417 g/mol. The van der Waals surface area contributed by atoms with Crippen LogP contribution in [-0.2, 0) is 4.79 Å². The molecular formula is C25H24ClN3O. The van der Waals surface area contributed by atoms with Crippen LogP contribution in [0.5, 0.6) is 0 Å². The van der Waals surface area contributed by atoms with Gasteiger partial charge in [0.2, 0.25) is 5.91 Å². The third-order valence-electron chi connectivity index (χ3n) is 4.63. The molecule has 0 atom stereocenters. The number of aliphatic imine (C=N–C) groups is 1. The lowest BCUT2D eigenvalue weighted by Crippen LogP contribution is -2.27. The topological polar surface area (TPSA) is 58.7 Å². The van der Waals surface area contributed by atoms with E-state index in [1.54, 1.807) is 11.9 Å². The van der Waals surface area contributed by atoms with Gasteiger partial charge in [-0.2, -0.15) is 0 Å². The Kier molecular flexibility index (Phi) is 7.55. The number of benzene rings is 3. The largest absolute Gasteiger partial charge is 0.327 e. The van der Waals surface area contributed by atoms with Crippen LogP contribution in [0.15, 0.2) is 89.9 Å². The molecule has 0 radical (unpaired) electrons. The number of nitrogens with two attached hydrogens (primary N) is 1. The molecule has 0 aliphatic carbocycles. The Labute approximate surface area is 182 Å². The van der Waals surface area contributed by atoms with E-state index in [4.69, 9.17) is 17.3 Å². The van der Waals surface area contributed by atoms with Gasteiger partial charge >= 0.3 is 0 Å². The van der Waals surface area contributed by atoms with Crippen molar-refractivity contribution in [3.63, 3.8) is 0 Å². The summed E-state index contributed by atoms with van der Waals surface area (Å²) in [7, 11) is 1.80. The molecule has 2 N–H and O–H groups in total. The first-order chi connectivity index (χ1) is 14.6. The zero-order valence-corrected chi connectivity index (χ0v) is 17.6. The molecule has 4 nitrogen and oxygen atoms in total. The molecule has 0 unspecified atom stereocenters. The van der Waals surface area contributed by atoms with Crippen molar-refractivity contribution in [2.24, 2.45) is 10.7 Å². The number of rotatable bonds is 3. The third kappa shape index (κ3) is 5.44. The predicted octanol–water partition coefficient (Wildman–Crippen LogP) is 4.81. The molecule has 5 heteroatoms. The Morgan fingerprint density at radius 2 is 1.67 bits per heavy atom. The molecule has 1 aliphatic rings. The smallest absolute Gasteiger partial charge is 0.248 e. The van der Waals surface area contributed by atoms with E-state index in [0.717, 1.165) is 33.1 Å². The highest BCUT2D eigenvalue weighted by atomic mass is 35.5. The number of anilines is 1. The van der Waals surface area contributed by atoms with Gasteiger partial charge in [-0.25, -0.2) is 0 Å². The van der Waals surface area contributed by atoms with Crippen molar-refractivity contribution in [1.29, 1.82) is 0 Å². The number of nitrogens with zero attached hydrogens (tertiary/aromatic N) is 2. The summed E-state index contributed by atoms with van der Waals surface area (Å²) in [6.45, 7) is 0.762. The van der Waals surface area contributed by atoms with Crippen molar-refractivity contribution in [3.8, 4) is 0 Å². The zero-order chi connectivity index (χ0) is 21.3. The minimum Gasteiger partial charge on any atom is -0.327 e. The maximum absolute atomic E-state index is 12.0. The summed E-state index contributed by atoms with van der Waals surface area (Å²) in [6, 6.07) is 25.5. The molecule has 0 saturated carbocycles. The van der Waals surface area contributed by atoms with E-state index in [1.807, 2.05) is 91.0 Å². The molecule has 30 heavy (non-hydrogen) atoms. The van der Waals surface area contributed by atoms with E-state index in [0.29, 0.717) is 6.54 Å². The molecule has 0 fully saturated rings. The van der Waals surface area contributed by atoms with Crippen molar-refractivity contribution in [2.75, 3.05) is 25.0 Å². The number of hydrogen-bond donors (Lipinski definition) is 1. The molecule has 3 aromatic rings. The Hall–Kier alpha value is -3.21. The van der Waals surface area contributed by atoms with E-state index >= 15 is 0 Å². The van der Waals surface area contributed by atoms with Crippen LogP contribution in [0.3, 0.4) is 0 Å². The van der Waals surface area contributed by atoms with E-state index < -0.39 is 0 Å². The van der Waals surface area contributed by atoms with E-state index in [1.165, 1.54) is 0 Å². The summed E-state index contributed by atoms with van der Waals surface area (Å²) in [5.41, 5.74) is 10.3. The van der Waals surface area contributed by atoms with Crippen LogP contribution in [0.1, 0.15) is 16.7 Å². The van der Waals surface area contributed by atoms with Gasteiger partial charge in [-0.3, -0.25) is 9.79 Å². The van der Waals surface area contributed by atoms with E-state index in [9.17, 15) is 4.79 Å². The number of halogens is 1. The van der Waals surface area contributed by atoms with Gasteiger partial charge < -0.3 is 10.6 Å². The minimum absolute atomic E-state index is 0.0124. The van der Waals surface area contributed by atoms with Crippen molar-refractivity contribution >= 4 is 35.0 Å². The normalized spacial score (nSPS) is 13.2. The van der Waals surface area contributed by atoms with Crippen molar-refractivity contribution in [2.45, 2.75) is 0 Å². The molecule has 0 saturated heterocycles. The lowest BCUT2D eigenvalue weighted by atomic mass is 10.0. The van der Waals surface area contributed by atoms with Crippen LogP contribution in [0.2, 0.25) is 5.02 Å². The van der Waals surface area contributed by atoms with Crippen molar-refractivity contribution < 1.29 is 4.79 Å². The molecule has 3 aromatic carbocycles. The molecule has 1 heterocycles. The summed E-state index contributed by atoms with van der Waals surface area (Å²) in [5.74, 6) is 0.0124. The number of fused-ring (bicyclic) bond motifs is 1. The number of para-hydroxylation sites is 1. The van der Waals surface area contributed by atoms with Crippen LogP contribution < -0.4 is 10.6 Å². The summed E-state index contributed by atoms with van der Waals surface area (Å²) < 4.78 is 0. The predicted molar refractivity (Wildman–Crippen MR) is 126 cm³/mol. The van der Waals surface area contributed by atoms with Crippen LogP contribution in [0.4, 0.5) is 5.69 Å². The maximum atomic E-state index is 12.0. The first kappa shape index (κ1) is 21.5. The first-order valence-corrected chi connectivity index (χ1v) is 10.1. The van der Waals surface area contributed by atoms with Crippen LogP contribution in [0.25, 0.3) is 6.08 Å². The van der Waals surface area contributed by atoms with Gasteiger partial charge in [-0.15, -0.1) is 0 Å². The Balaban J connectivity index is 0.000000199. The maximum Gasteiger partial charge on any atom is 0.248 e. The van der Waals surface area contributed by atoms with Gasteiger partial charge in [0.1, 0.15) is 6.54 Å². The molecule has 0 bridgehead atoms. The summed E-state index contributed by atoms with van der Waals surface area (Å²) in [4.78, 5) is 18.1. The molecule has 4 rings (SSSR count). The van der Waals surface area contributed by atoms with Gasteiger partial charge in [-0.05, 0) is 23.8 Å². The number of carbonyl (C=O) groups is 1. The van der Waals surface area contributed by atoms with Crippen molar-refractivity contribution in [1.82, 2.24) is 0 Å². The van der Waals surface area contributed by atoms with Gasteiger partial charge in [0.15, 0.2) is 0 Å². The first-order valence-electron chi connectivity index (χ1n) is 9.68. The number of amides is 1. The summed E-state index contributed by atoms with van der Waals surface area (Å²) in [5, 5.41) is 0.759. The Morgan fingerprint density at radius 1 is 1.00 bits per heavy atom. The number of benzodiazepines with no additional fused rings is 1. The molecule has 1 amide bonds. The minimum atomic E-state index is 0.0124. The molecular weight excluding hydrogens is 394 g/mol. The molecule has 0 aromatic heterocycles. The standard InChI is InChI=1S/C16H14N2O.C9H10ClN/c1-18-14-10-6-5-9-13(14)16(17-11-15(18)19)12-7-3-2-4-8-12;10-9-5-3-8(4-6-9)2-1-7-11/h2-10H,11H2,1H3;1-6H,7,11H2/b;2-1+. The Bertz CT molecular complexity index is 1040. The fourth-order valence-corrected chi connectivity index (χ4v) is 3.19. The van der Waals surface area contributed by atoms with Crippen molar-refractivity contribution in [3.05, 3.63) is 107 Å². The number of hydrogen-bond acceptors (Lipinski definition) is 3. The molecule has 0 spiro atoms. The lowest BCUT2D eigenvalue weighted by molar-refractivity contribution is -0.116. The second-order valence-corrected chi connectivity index (χ2v) is 7.13. The Morgan fingerprint density at radius 3 is 2.37 bits per heavy atom. The second-order valence-electron chi connectivity index (χ2n) is 6.69. The highest BCUT2D eigenvalue weighted by molar-refractivity contribution is 6.30. The second kappa shape index (κ2) is 10.5. The SMILES string of the molecule is CN1C(=O)CN=C(c2ccccc2)c2ccccc21.NC/C=C/c1ccc(Cl)cc1. The fourth-order valence-electron chi connectivity index (χ4n) is 3.06. The number of likely N-dealkylation sites (N-methyl/N-ethyl adjacent to an activating group) is 1. The highest BCUT2D eigenvalue weighted by Gasteiger charge is 2.21. The van der Waals surface area contributed by atoms with E-state index in [2.05, 4.69) is 4.99 Å². The summed E-state index contributed by atoms with van der Waals surface area (Å²) in [6.07, 6.45) is 3.87. The van der Waals surface area contributed by atoms with Gasteiger partial charge in [0, 0.05) is 29.7 Å². The highest BCUT2D eigenvalue weighted by Crippen LogP contribution is 2.25.